The molecule has 0 atom stereocenters. The number of imidazole rings is 1. The third-order valence-corrected chi connectivity index (χ3v) is 3.90. The number of benzene rings is 1. The van der Waals surface area contributed by atoms with Crippen molar-refractivity contribution in [2.45, 2.75) is 24.8 Å². The molecule has 1 heterocycles. The molecule has 21 heavy (non-hydrogen) atoms. The first-order valence-corrected chi connectivity index (χ1v) is 6.75. The van der Waals surface area contributed by atoms with Crippen molar-refractivity contribution in [2.24, 2.45) is 0 Å². The van der Waals surface area contributed by atoms with Crippen LogP contribution in [0.2, 0.25) is 0 Å². The van der Waals surface area contributed by atoms with Crippen molar-refractivity contribution >= 4 is 11.9 Å². The standard InChI is InChI=1S/C15H15N3O3/c19-13(17-15(14(20)21)6-1-7-15)11-2-4-12(5-3-11)18-9-8-16-10-18/h2-5,8-10H,1,6-7H2,(H,17,19)(H,20,21). The number of hydrogen-bond acceptors (Lipinski definition) is 3. The maximum Gasteiger partial charge on any atom is 0.329 e. The molecule has 1 saturated carbocycles. The third-order valence-electron chi connectivity index (χ3n) is 3.90. The van der Waals surface area contributed by atoms with Gasteiger partial charge in [0.15, 0.2) is 0 Å². The summed E-state index contributed by atoms with van der Waals surface area (Å²) in [6.07, 6.45) is 6.95. The van der Waals surface area contributed by atoms with Crippen LogP contribution in [-0.2, 0) is 4.79 Å². The Morgan fingerprint density at radius 2 is 1.95 bits per heavy atom. The quantitative estimate of drug-likeness (QED) is 0.893. The molecule has 3 rings (SSSR count). The largest absolute Gasteiger partial charge is 0.480 e. The Morgan fingerprint density at radius 3 is 2.43 bits per heavy atom. The number of carboxylic acids is 1. The highest BCUT2D eigenvalue weighted by Gasteiger charge is 2.45. The number of nitrogens with one attached hydrogen (secondary N) is 1. The number of rotatable bonds is 4. The fourth-order valence-electron chi connectivity index (χ4n) is 2.41. The smallest absolute Gasteiger partial charge is 0.329 e. The maximum atomic E-state index is 12.2. The van der Waals surface area contributed by atoms with Crippen LogP contribution in [0.15, 0.2) is 43.0 Å². The average Bonchev–Trinajstić information content (AvgIpc) is 2.96. The first-order valence-electron chi connectivity index (χ1n) is 6.75. The summed E-state index contributed by atoms with van der Waals surface area (Å²) in [5.74, 6) is -1.31. The Bertz CT molecular complexity index is 658. The first-order chi connectivity index (χ1) is 10.1. The summed E-state index contributed by atoms with van der Waals surface area (Å²) in [5.41, 5.74) is 0.257. The van der Waals surface area contributed by atoms with Gasteiger partial charge in [-0.05, 0) is 43.5 Å². The van der Waals surface area contributed by atoms with Gasteiger partial charge < -0.3 is 15.0 Å². The van der Waals surface area contributed by atoms with Crippen LogP contribution in [0.4, 0.5) is 0 Å². The minimum Gasteiger partial charge on any atom is -0.480 e. The Hall–Kier alpha value is -2.63. The van der Waals surface area contributed by atoms with Crippen LogP contribution in [0.5, 0.6) is 0 Å². The lowest BCUT2D eigenvalue weighted by Gasteiger charge is -2.38. The fraction of sp³-hybridized carbons (Fsp3) is 0.267. The van der Waals surface area contributed by atoms with Gasteiger partial charge in [0.25, 0.3) is 5.91 Å². The summed E-state index contributed by atoms with van der Waals surface area (Å²) >= 11 is 0. The van der Waals surface area contributed by atoms with Gasteiger partial charge >= 0.3 is 5.97 Å². The summed E-state index contributed by atoms with van der Waals surface area (Å²) in [6, 6.07) is 6.95. The number of hydrogen-bond donors (Lipinski definition) is 2. The fourth-order valence-corrected chi connectivity index (χ4v) is 2.41. The molecular weight excluding hydrogens is 270 g/mol. The molecule has 2 aromatic rings. The summed E-state index contributed by atoms with van der Waals surface area (Å²) in [4.78, 5) is 27.4. The van der Waals surface area contributed by atoms with E-state index < -0.39 is 11.5 Å². The predicted octanol–water partition coefficient (Wildman–Crippen LogP) is 1.61. The summed E-state index contributed by atoms with van der Waals surface area (Å²) in [7, 11) is 0. The van der Waals surface area contributed by atoms with Crippen molar-refractivity contribution in [2.75, 3.05) is 0 Å². The molecule has 0 unspecified atom stereocenters. The number of aliphatic carboxylic acids is 1. The Morgan fingerprint density at radius 1 is 1.24 bits per heavy atom. The van der Waals surface area contributed by atoms with E-state index >= 15 is 0 Å². The van der Waals surface area contributed by atoms with Gasteiger partial charge in [-0.3, -0.25) is 4.79 Å². The monoisotopic (exact) mass is 285 g/mol. The molecule has 1 aliphatic rings. The van der Waals surface area contributed by atoms with E-state index in [-0.39, 0.29) is 5.91 Å². The lowest BCUT2D eigenvalue weighted by atomic mass is 9.76. The summed E-state index contributed by atoms with van der Waals surface area (Å²) < 4.78 is 1.83. The van der Waals surface area contributed by atoms with E-state index in [4.69, 9.17) is 0 Å². The van der Waals surface area contributed by atoms with Crippen LogP contribution in [-0.4, -0.2) is 32.1 Å². The lowest BCUT2D eigenvalue weighted by molar-refractivity contribution is -0.148. The second-order valence-corrected chi connectivity index (χ2v) is 5.21. The summed E-state index contributed by atoms with van der Waals surface area (Å²) in [5, 5.41) is 11.9. The average molecular weight is 285 g/mol. The molecule has 108 valence electrons. The van der Waals surface area contributed by atoms with Crippen molar-refractivity contribution in [3.05, 3.63) is 48.5 Å². The van der Waals surface area contributed by atoms with Gasteiger partial charge in [-0.15, -0.1) is 0 Å². The van der Waals surface area contributed by atoms with Gasteiger partial charge in [0.2, 0.25) is 0 Å². The topological polar surface area (TPSA) is 84.2 Å². The Labute approximate surface area is 121 Å². The van der Waals surface area contributed by atoms with E-state index in [9.17, 15) is 14.7 Å². The highest BCUT2D eigenvalue weighted by Crippen LogP contribution is 2.32. The molecule has 1 amide bonds. The molecule has 0 spiro atoms. The van der Waals surface area contributed by atoms with Gasteiger partial charge in [0.1, 0.15) is 5.54 Å². The number of carbonyl (C=O) groups is 2. The molecule has 1 fully saturated rings. The highest BCUT2D eigenvalue weighted by molar-refractivity contribution is 5.98. The highest BCUT2D eigenvalue weighted by atomic mass is 16.4. The predicted molar refractivity (Wildman–Crippen MR) is 75.2 cm³/mol. The maximum absolute atomic E-state index is 12.2. The van der Waals surface area contributed by atoms with Gasteiger partial charge in [0, 0.05) is 23.6 Å². The molecule has 2 N–H and O–H groups in total. The number of carbonyl (C=O) groups excluding carboxylic acids is 1. The van der Waals surface area contributed by atoms with E-state index in [1.54, 1.807) is 36.8 Å². The van der Waals surface area contributed by atoms with Crippen molar-refractivity contribution in [1.29, 1.82) is 0 Å². The normalized spacial score (nSPS) is 16.0. The van der Waals surface area contributed by atoms with Crippen molar-refractivity contribution in [1.82, 2.24) is 14.9 Å². The van der Waals surface area contributed by atoms with E-state index in [1.807, 2.05) is 10.8 Å². The molecule has 1 aliphatic carbocycles. The van der Waals surface area contributed by atoms with Crippen LogP contribution in [0.25, 0.3) is 5.69 Å². The molecule has 0 bridgehead atoms. The molecule has 1 aromatic carbocycles. The number of nitrogens with zero attached hydrogens (tertiary/aromatic N) is 2. The number of carboxylic acid groups (broad SMARTS) is 1. The van der Waals surface area contributed by atoms with E-state index in [2.05, 4.69) is 10.3 Å². The van der Waals surface area contributed by atoms with Gasteiger partial charge in [0.05, 0.1) is 6.33 Å². The number of amides is 1. The minimum atomic E-state index is -1.08. The van der Waals surface area contributed by atoms with Crippen molar-refractivity contribution < 1.29 is 14.7 Å². The number of aromatic nitrogens is 2. The third kappa shape index (κ3) is 2.40. The molecule has 1 aromatic heterocycles. The zero-order chi connectivity index (χ0) is 14.9. The van der Waals surface area contributed by atoms with Gasteiger partial charge in [-0.25, -0.2) is 9.78 Å². The summed E-state index contributed by atoms with van der Waals surface area (Å²) in [6.45, 7) is 0. The van der Waals surface area contributed by atoms with Gasteiger partial charge in [-0.2, -0.15) is 0 Å². The molecule has 0 aliphatic heterocycles. The van der Waals surface area contributed by atoms with Crippen molar-refractivity contribution in [3.8, 4) is 5.69 Å². The van der Waals surface area contributed by atoms with E-state index in [1.165, 1.54) is 0 Å². The van der Waals surface area contributed by atoms with Crippen LogP contribution in [0, 0.1) is 0 Å². The lowest BCUT2D eigenvalue weighted by Crippen LogP contribution is -2.59. The molecular formula is C15H15N3O3. The van der Waals surface area contributed by atoms with E-state index in [0.717, 1.165) is 12.1 Å². The van der Waals surface area contributed by atoms with Crippen LogP contribution >= 0.6 is 0 Å². The van der Waals surface area contributed by atoms with Crippen LogP contribution in [0.1, 0.15) is 29.6 Å². The van der Waals surface area contributed by atoms with Crippen LogP contribution in [0.3, 0.4) is 0 Å². The Kier molecular flexibility index (Phi) is 3.21. The van der Waals surface area contributed by atoms with Crippen LogP contribution < -0.4 is 5.32 Å². The Balaban J connectivity index is 1.75. The zero-order valence-electron chi connectivity index (χ0n) is 11.3. The second kappa shape index (κ2) is 5.05. The van der Waals surface area contributed by atoms with Crippen molar-refractivity contribution in [3.63, 3.8) is 0 Å². The molecule has 6 heteroatoms. The minimum absolute atomic E-state index is 0.353. The first kappa shape index (κ1) is 13.4. The SMILES string of the molecule is O=C(NC1(C(=O)O)CCC1)c1ccc(-n2ccnc2)cc1. The molecule has 6 nitrogen and oxygen atoms in total. The molecule has 0 radical (unpaired) electrons. The second-order valence-electron chi connectivity index (χ2n) is 5.21. The molecule has 0 saturated heterocycles. The van der Waals surface area contributed by atoms with Gasteiger partial charge in [-0.1, -0.05) is 0 Å². The zero-order valence-corrected chi connectivity index (χ0v) is 11.3. The van der Waals surface area contributed by atoms with E-state index in [0.29, 0.717) is 18.4 Å².